The van der Waals surface area contributed by atoms with Gasteiger partial charge in [0.1, 0.15) is 6.54 Å². The molecule has 1 aromatic heterocycles. The van der Waals surface area contributed by atoms with Gasteiger partial charge in [-0.3, -0.25) is 14.4 Å². The molecule has 0 atom stereocenters. The summed E-state index contributed by atoms with van der Waals surface area (Å²) in [6.45, 7) is 2.51. The lowest BCUT2D eigenvalue weighted by atomic mass is 10.1. The maximum absolute atomic E-state index is 13.0. The number of morpholine rings is 1. The first-order chi connectivity index (χ1) is 15.6. The van der Waals surface area contributed by atoms with Crippen molar-refractivity contribution in [2.45, 2.75) is 6.54 Å². The summed E-state index contributed by atoms with van der Waals surface area (Å²) in [7, 11) is 0. The topological polar surface area (TPSA) is 71.9 Å². The third-order valence-corrected chi connectivity index (χ3v) is 6.45. The van der Waals surface area contributed by atoms with E-state index >= 15 is 0 Å². The molecule has 0 spiro atoms. The molecule has 162 valence electrons. The van der Waals surface area contributed by atoms with E-state index in [-0.39, 0.29) is 23.6 Å². The number of thioether (sulfide) groups is 1. The number of anilines is 1. The number of amides is 3. The fourth-order valence-corrected chi connectivity index (χ4v) is 4.82. The van der Waals surface area contributed by atoms with Gasteiger partial charge < -0.3 is 14.2 Å². The number of benzene rings is 2. The SMILES string of the molecule is O=C(Cn1cc(C=C2SC(=O)N(c3ccccc3)C2=O)c2ccccc21)N1CCOCC1. The Kier molecular flexibility index (Phi) is 5.55. The molecule has 5 rings (SSSR count). The summed E-state index contributed by atoms with van der Waals surface area (Å²) in [5, 5.41) is 0.604. The molecule has 0 aliphatic carbocycles. The number of hydrogen-bond donors (Lipinski definition) is 0. The fourth-order valence-electron chi connectivity index (χ4n) is 3.99. The molecule has 0 bridgehead atoms. The Labute approximate surface area is 189 Å². The number of imide groups is 1. The van der Waals surface area contributed by atoms with Gasteiger partial charge in [-0.25, -0.2) is 4.90 Å². The first-order valence-corrected chi connectivity index (χ1v) is 11.2. The van der Waals surface area contributed by atoms with Crippen molar-refractivity contribution in [3.05, 3.63) is 71.3 Å². The highest BCUT2D eigenvalue weighted by Crippen LogP contribution is 2.36. The summed E-state index contributed by atoms with van der Waals surface area (Å²) >= 11 is 0.926. The Morgan fingerprint density at radius 3 is 2.50 bits per heavy atom. The summed E-state index contributed by atoms with van der Waals surface area (Å²) in [4.78, 5) is 41.7. The monoisotopic (exact) mass is 447 g/mol. The highest BCUT2D eigenvalue weighted by molar-refractivity contribution is 8.19. The van der Waals surface area contributed by atoms with E-state index < -0.39 is 0 Å². The second-order valence-corrected chi connectivity index (χ2v) is 8.57. The summed E-state index contributed by atoms with van der Waals surface area (Å²) in [6.07, 6.45) is 3.62. The molecule has 2 fully saturated rings. The van der Waals surface area contributed by atoms with Crippen LogP contribution in [0.25, 0.3) is 17.0 Å². The number of ether oxygens (including phenoxy) is 1. The molecule has 8 heteroatoms. The highest BCUT2D eigenvalue weighted by atomic mass is 32.2. The van der Waals surface area contributed by atoms with E-state index in [0.29, 0.717) is 36.9 Å². The molecule has 0 N–H and O–H groups in total. The van der Waals surface area contributed by atoms with Crippen molar-refractivity contribution in [2.24, 2.45) is 0 Å². The minimum Gasteiger partial charge on any atom is -0.378 e. The number of carbonyl (C=O) groups is 3. The predicted molar refractivity (Wildman–Crippen MR) is 124 cm³/mol. The van der Waals surface area contributed by atoms with Crippen LogP contribution >= 0.6 is 11.8 Å². The molecule has 0 radical (unpaired) electrons. The van der Waals surface area contributed by atoms with Crippen LogP contribution in [0.4, 0.5) is 10.5 Å². The van der Waals surface area contributed by atoms with Gasteiger partial charge in [-0.1, -0.05) is 36.4 Å². The van der Waals surface area contributed by atoms with Crippen molar-refractivity contribution in [2.75, 3.05) is 31.2 Å². The molecular weight excluding hydrogens is 426 g/mol. The van der Waals surface area contributed by atoms with E-state index in [1.807, 2.05) is 46.0 Å². The quantitative estimate of drug-likeness (QED) is 0.570. The largest absolute Gasteiger partial charge is 0.378 e. The van der Waals surface area contributed by atoms with Gasteiger partial charge in [-0.15, -0.1) is 0 Å². The number of hydrogen-bond acceptors (Lipinski definition) is 5. The van der Waals surface area contributed by atoms with Gasteiger partial charge >= 0.3 is 0 Å². The van der Waals surface area contributed by atoms with Crippen molar-refractivity contribution >= 4 is 51.5 Å². The maximum Gasteiger partial charge on any atom is 0.298 e. The van der Waals surface area contributed by atoms with Crippen molar-refractivity contribution < 1.29 is 19.1 Å². The zero-order chi connectivity index (χ0) is 22.1. The van der Waals surface area contributed by atoms with Gasteiger partial charge in [0.15, 0.2) is 0 Å². The molecule has 2 aromatic carbocycles. The summed E-state index contributed by atoms with van der Waals surface area (Å²) in [5.41, 5.74) is 2.26. The number of fused-ring (bicyclic) bond motifs is 1. The van der Waals surface area contributed by atoms with Gasteiger partial charge in [0.2, 0.25) is 5.91 Å². The van der Waals surface area contributed by atoms with E-state index in [4.69, 9.17) is 4.74 Å². The lowest BCUT2D eigenvalue weighted by Crippen LogP contribution is -2.42. The smallest absolute Gasteiger partial charge is 0.298 e. The molecule has 2 aliphatic rings. The number of para-hydroxylation sites is 2. The van der Waals surface area contributed by atoms with Crippen LogP contribution in [0.3, 0.4) is 0 Å². The molecular formula is C24H21N3O4S. The van der Waals surface area contributed by atoms with Gasteiger partial charge in [0.05, 0.1) is 23.8 Å². The third kappa shape index (κ3) is 3.83. The Hall–Kier alpha value is -3.36. The molecule has 7 nitrogen and oxygen atoms in total. The van der Waals surface area contributed by atoms with Crippen LogP contribution in [0.2, 0.25) is 0 Å². The molecule has 2 aliphatic heterocycles. The Balaban J connectivity index is 1.46. The van der Waals surface area contributed by atoms with Crippen molar-refractivity contribution in [3.63, 3.8) is 0 Å². The summed E-state index contributed by atoms with van der Waals surface area (Å²) < 4.78 is 7.24. The van der Waals surface area contributed by atoms with E-state index in [0.717, 1.165) is 28.2 Å². The standard InChI is InChI=1S/C24H21N3O4S/c28-22(25-10-12-31-13-11-25)16-26-15-17(19-8-4-5-9-20(19)26)14-21-23(29)27(24(30)32-21)18-6-2-1-3-7-18/h1-9,14-15H,10-13,16H2. The van der Waals surface area contributed by atoms with Crippen LogP contribution in [0.5, 0.6) is 0 Å². The van der Waals surface area contributed by atoms with Gasteiger partial charge in [0, 0.05) is 35.8 Å². The number of nitrogens with zero attached hydrogens (tertiary/aromatic N) is 3. The lowest BCUT2D eigenvalue weighted by Gasteiger charge is -2.27. The van der Waals surface area contributed by atoms with Crippen LogP contribution in [0, 0.1) is 0 Å². The zero-order valence-corrected chi connectivity index (χ0v) is 18.1. The van der Waals surface area contributed by atoms with Crippen LogP contribution in [-0.2, 0) is 20.9 Å². The van der Waals surface area contributed by atoms with Crippen LogP contribution in [0.15, 0.2) is 65.7 Å². The molecule has 2 saturated heterocycles. The molecule has 3 aromatic rings. The molecule has 32 heavy (non-hydrogen) atoms. The predicted octanol–water partition coefficient (Wildman–Crippen LogP) is 3.74. The first kappa shape index (κ1) is 20.5. The average Bonchev–Trinajstić information content (AvgIpc) is 3.31. The average molecular weight is 448 g/mol. The van der Waals surface area contributed by atoms with E-state index in [9.17, 15) is 14.4 Å². The second kappa shape index (κ2) is 8.64. The zero-order valence-electron chi connectivity index (χ0n) is 17.3. The van der Waals surface area contributed by atoms with Gasteiger partial charge in [-0.2, -0.15) is 0 Å². The van der Waals surface area contributed by atoms with Crippen LogP contribution in [0.1, 0.15) is 5.56 Å². The van der Waals surface area contributed by atoms with Crippen LogP contribution < -0.4 is 4.90 Å². The van der Waals surface area contributed by atoms with Crippen molar-refractivity contribution in [1.29, 1.82) is 0 Å². The van der Waals surface area contributed by atoms with Gasteiger partial charge in [-0.05, 0) is 36.0 Å². The molecule has 3 heterocycles. The highest BCUT2D eigenvalue weighted by Gasteiger charge is 2.36. The minimum absolute atomic E-state index is 0.0324. The first-order valence-electron chi connectivity index (χ1n) is 10.4. The summed E-state index contributed by atoms with van der Waals surface area (Å²) in [5.74, 6) is -0.308. The Bertz CT molecular complexity index is 1230. The van der Waals surface area contributed by atoms with Gasteiger partial charge in [0.25, 0.3) is 11.1 Å². The summed E-state index contributed by atoms with van der Waals surface area (Å²) in [6, 6.07) is 16.7. The lowest BCUT2D eigenvalue weighted by molar-refractivity contribution is -0.135. The second-order valence-electron chi connectivity index (χ2n) is 7.58. The Morgan fingerprint density at radius 1 is 1.00 bits per heavy atom. The van der Waals surface area contributed by atoms with E-state index in [1.54, 1.807) is 30.3 Å². The normalized spacial score (nSPS) is 18.2. The molecule has 3 amide bonds. The van der Waals surface area contributed by atoms with Crippen LogP contribution in [-0.4, -0.2) is 52.8 Å². The Morgan fingerprint density at radius 2 is 1.72 bits per heavy atom. The number of carbonyl (C=O) groups excluding carboxylic acids is 3. The number of aromatic nitrogens is 1. The third-order valence-electron chi connectivity index (χ3n) is 5.58. The van der Waals surface area contributed by atoms with E-state index in [2.05, 4.69) is 0 Å². The maximum atomic E-state index is 13.0. The van der Waals surface area contributed by atoms with Crippen molar-refractivity contribution in [1.82, 2.24) is 9.47 Å². The molecule has 0 saturated carbocycles. The fraction of sp³-hybridized carbons (Fsp3) is 0.208. The van der Waals surface area contributed by atoms with E-state index in [1.165, 1.54) is 4.90 Å². The minimum atomic E-state index is -0.340. The molecule has 0 unspecified atom stereocenters. The van der Waals surface area contributed by atoms with Crippen molar-refractivity contribution in [3.8, 4) is 0 Å². The number of rotatable bonds is 4.